The van der Waals surface area contributed by atoms with Crippen molar-refractivity contribution in [1.82, 2.24) is 20.6 Å². The summed E-state index contributed by atoms with van der Waals surface area (Å²) in [5, 5.41) is 5.75. The monoisotopic (exact) mass is 581 g/mol. The highest BCUT2D eigenvalue weighted by molar-refractivity contribution is 5.99. The van der Waals surface area contributed by atoms with E-state index < -0.39 is 12.1 Å². The van der Waals surface area contributed by atoms with E-state index in [1.54, 1.807) is 36.8 Å². The summed E-state index contributed by atoms with van der Waals surface area (Å²) >= 11 is 0. The molecule has 0 bridgehead atoms. The summed E-state index contributed by atoms with van der Waals surface area (Å²) in [7, 11) is 0. The van der Waals surface area contributed by atoms with E-state index in [-0.39, 0.29) is 48.1 Å². The minimum atomic E-state index is -0.676. The van der Waals surface area contributed by atoms with E-state index in [9.17, 15) is 19.2 Å². The summed E-state index contributed by atoms with van der Waals surface area (Å²) in [5.74, 6) is -1.13. The van der Waals surface area contributed by atoms with E-state index in [1.807, 2.05) is 64.4 Å². The minimum Gasteiger partial charge on any atom is -0.345 e. The number of allylic oxidation sites excluding steroid dienone is 1. The highest BCUT2D eigenvalue weighted by atomic mass is 16.2. The Morgan fingerprint density at radius 1 is 0.767 bits per heavy atom. The molecule has 1 aliphatic heterocycles. The highest BCUT2D eigenvalue weighted by Crippen LogP contribution is 2.22. The Morgan fingerprint density at radius 3 is 1.70 bits per heavy atom. The Labute approximate surface area is 252 Å². The fourth-order valence-electron chi connectivity index (χ4n) is 5.02. The molecule has 4 rings (SSSR count). The first-order valence-corrected chi connectivity index (χ1v) is 14.7. The van der Waals surface area contributed by atoms with E-state index in [2.05, 4.69) is 25.6 Å². The number of ketones is 2. The zero-order valence-corrected chi connectivity index (χ0v) is 25.1. The molecule has 0 unspecified atom stereocenters. The van der Waals surface area contributed by atoms with Crippen molar-refractivity contribution in [1.29, 1.82) is 0 Å². The summed E-state index contributed by atoms with van der Waals surface area (Å²) in [5.41, 5.74) is 4.77. The fourth-order valence-corrected chi connectivity index (χ4v) is 5.02. The molecule has 2 amide bonds. The number of carbonyl (C=O) groups excluding carboxylic acids is 4. The number of carbonyl (C=O) groups is 4. The molecule has 0 saturated heterocycles. The average Bonchev–Trinajstić information content (AvgIpc) is 3.73. The molecule has 2 atom stereocenters. The SMILES string of the molecule is CC(C)[C@H](NC(=O)c1ccc(C2=CN=CC2)cc1)C(=O)CCCC(=O)[C@@H](NC(=O)c1ccc(-c2cnc[nH]2)cc1)C(C)C. The first kappa shape index (κ1) is 31.3. The topological polar surface area (TPSA) is 133 Å². The summed E-state index contributed by atoms with van der Waals surface area (Å²) in [6.07, 6.45) is 8.34. The van der Waals surface area contributed by atoms with Crippen molar-refractivity contribution < 1.29 is 19.2 Å². The van der Waals surface area contributed by atoms with Crippen molar-refractivity contribution in [2.24, 2.45) is 16.8 Å². The number of benzene rings is 2. The molecule has 2 heterocycles. The van der Waals surface area contributed by atoms with Gasteiger partial charge in [0.05, 0.1) is 30.3 Å². The Hall–Kier alpha value is -4.66. The van der Waals surface area contributed by atoms with Gasteiger partial charge in [-0.15, -0.1) is 0 Å². The predicted octanol–water partition coefficient (Wildman–Crippen LogP) is 5.41. The number of nitrogens with one attached hydrogen (secondary N) is 3. The normalized spacial score (nSPS) is 14.0. The smallest absolute Gasteiger partial charge is 0.251 e. The largest absolute Gasteiger partial charge is 0.345 e. The lowest BCUT2D eigenvalue weighted by Gasteiger charge is -2.23. The van der Waals surface area contributed by atoms with Crippen molar-refractivity contribution in [3.05, 3.63) is 83.9 Å². The number of imidazole rings is 1. The molecule has 1 aliphatic rings. The van der Waals surface area contributed by atoms with Gasteiger partial charge in [-0.3, -0.25) is 24.2 Å². The number of hydrogen-bond donors (Lipinski definition) is 3. The van der Waals surface area contributed by atoms with Crippen LogP contribution in [0, 0.1) is 11.8 Å². The van der Waals surface area contributed by atoms with Crippen LogP contribution in [0.3, 0.4) is 0 Å². The van der Waals surface area contributed by atoms with Crippen LogP contribution < -0.4 is 10.6 Å². The molecule has 9 nitrogen and oxygen atoms in total. The molecule has 43 heavy (non-hydrogen) atoms. The second-order valence-corrected chi connectivity index (χ2v) is 11.5. The van der Waals surface area contributed by atoms with Gasteiger partial charge >= 0.3 is 0 Å². The zero-order chi connectivity index (χ0) is 30.9. The maximum absolute atomic E-state index is 13.1. The van der Waals surface area contributed by atoms with Gasteiger partial charge < -0.3 is 15.6 Å². The van der Waals surface area contributed by atoms with E-state index in [0.717, 1.165) is 28.8 Å². The first-order valence-electron chi connectivity index (χ1n) is 14.7. The average molecular weight is 582 g/mol. The van der Waals surface area contributed by atoms with Gasteiger partial charge in [0.15, 0.2) is 11.6 Å². The van der Waals surface area contributed by atoms with Gasteiger partial charge in [-0.2, -0.15) is 0 Å². The molecule has 0 aliphatic carbocycles. The van der Waals surface area contributed by atoms with Crippen molar-refractivity contribution >= 4 is 35.2 Å². The standard InChI is InChI=1S/C34H39N5O4/c1-21(2)31(38-33(42)25-12-8-23(9-13-25)27-16-17-35-18-27)29(40)6-5-7-30(41)32(22(3)4)39-34(43)26-14-10-24(11-15-26)28-19-36-20-37-28/h8-15,17-22,31-32H,5-7,16H2,1-4H3,(H,36,37)(H,38,42)(H,39,43)/t31-,32-/m0/s1. The molecule has 2 aromatic carbocycles. The Morgan fingerprint density at radius 2 is 1.28 bits per heavy atom. The second-order valence-electron chi connectivity index (χ2n) is 11.5. The van der Waals surface area contributed by atoms with Gasteiger partial charge in [0, 0.05) is 42.8 Å². The van der Waals surface area contributed by atoms with Crippen molar-refractivity contribution in [3.8, 4) is 11.3 Å². The molecular weight excluding hydrogens is 542 g/mol. The number of nitrogens with zero attached hydrogens (tertiary/aromatic N) is 2. The molecule has 3 N–H and O–H groups in total. The number of hydrogen-bond acceptors (Lipinski definition) is 6. The lowest BCUT2D eigenvalue weighted by molar-refractivity contribution is -0.123. The Kier molecular flexibility index (Phi) is 10.5. The molecule has 0 fully saturated rings. The molecular formula is C34H39N5O4. The van der Waals surface area contributed by atoms with Crippen LogP contribution in [-0.4, -0.2) is 51.6 Å². The van der Waals surface area contributed by atoms with Crippen LogP contribution in [0.15, 0.2) is 72.2 Å². The molecule has 0 radical (unpaired) electrons. The van der Waals surface area contributed by atoms with Crippen molar-refractivity contribution in [2.75, 3.05) is 0 Å². The van der Waals surface area contributed by atoms with Crippen molar-refractivity contribution in [3.63, 3.8) is 0 Å². The van der Waals surface area contributed by atoms with Gasteiger partial charge in [0.1, 0.15) is 0 Å². The van der Waals surface area contributed by atoms with E-state index in [0.29, 0.717) is 17.5 Å². The number of H-pyrrole nitrogens is 1. The van der Waals surface area contributed by atoms with Gasteiger partial charge in [0.25, 0.3) is 11.8 Å². The van der Waals surface area contributed by atoms with Crippen molar-refractivity contribution in [2.45, 2.75) is 65.5 Å². The Bertz CT molecular complexity index is 1490. The number of aromatic nitrogens is 2. The quantitative estimate of drug-likeness (QED) is 0.234. The summed E-state index contributed by atoms with van der Waals surface area (Å²) in [4.78, 5) is 63.3. The second kappa shape index (κ2) is 14.5. The van der Waals surface area contributed by atoms with Crippen LogP contribution in [0.25, 0.3) is 16.8 Å². The first-order chi connectivity index (χ1) is 20.6. The van der Waals surface area contributed by atoms with Crippen LogP contribution in [-0.2, 0) is 9.59 Å². The molecule has 224 valence electrons. The van der Waals surface area contributed by atoms with Crippen LogP contribution in [0.5, 0.6) is 0 Å². The van der Waals surface area contributed by atoms with Crippen LogP contribution in [0.2, 0.25) is 0 Å². The van der Waals surface area contributed by atoms with Crippen LogP contribution in [0.4, 0.5) is 0 Å². The van der Waals surface area contributed by atoms with Gasteiger partial charge in [-0.05, 0) is 59.2 Å². The van der Waals surface area contributed by atoms with E-state index in [4.69, 9.17) is 0 Å². The molecule has 3 aromatic rings. The van der Waals surface area contributed by atoms with Crippen LogP contribution in [0.1, 0.15) is 79.7 Å². The third-order valence-corrected chi connectivity index (χ3v) is 7.57. The number of amides is 2. The number of aliphatic imine (C=N–C) groups is 1. The van der Waals surface area contributed by atoms with Gasteiger partial charge in [-0.25, -0.2) is 4.98 Å². The number of aromatic amines is 1. The lowest BCUT2D eigenvalue weighted by atomic mass is 9.92. The molecule has 9 heteroatoms. The predicted molar refractivity (Wildman–Crippen MR) is 168 cm³/mol. The zero-order valence-electron chi connectivity index (χ0n) is 25.1. The maximum Gasteiger partial charge on any atom is 0.251 e. The fraction of sp³-hybridized carbons (Fsp3) is 0.353. The highest BCUT2D eigenvalue weighted by Gasteiger charge is 2.27. The summed E-state index contributed by atoms with van der Waals surface area (Å²) < 4.78 is 0. The Balaban J connectivity index is 1.28. The summed E-state index contributed by atoms with van der Waals surface area (Å²) in [6.45, 7) is 7.53. The third kappa shape index (κ3) is 8.22. The minimum absolute atomic E-state index is 0.116. The molecule has 0 spiro atoms. The third-order valence-electron chi connectivity index (χ3n) is 7.57. The number of Topliss-reactive ketones (excluding diaryl/α,β-unsaturated/α-hetero) is 2. The maximum atomic E-state index is 13.1. The van der Waals surface area contributed by atoms with Gasteiger partial charge in [0.2, 0.25) is 0 Å². The molecule has 0 saturated carbocycles. The molecule has 1 aromatic heterocycles. The van der Waals surface area contributed by atoms with E-state index >= 15 is 0 Å². The lowest BCUT2D eigenvalue weighted by Crippen LogP contribution is -2.45. The van der Waals surface area contributed by atoms with Crippen LogP contribution >= 0.6 is 0 Å². The summed E-state index contributed by atoms with van der Waals surface area (Å²) in [6, 6.07) is 13.0. The van der Waals surface area contributed by atoms with Gasteiger partial charge in [-0.1, -0.05) is 52.0 Å². The van der Waals surface area contributed by atoms with E-state index in [1.165, 1.54) is 0 Å². The number of rotatable bonds is 14.